The van der Waals surface area contributed by atoms with Gasteiger partial charge in [0.25, 0.3) is 0 Å². The van der Waals surface area contributed by atoms with Crippen molar-refractivity contribution in [3.05, 3.63) is 71.3 Å². The van der Waals surface area contributed by atoms with Gasteiger partial charge in [0.15, 0.2) is 11.8 Å². The van der Waals surface area contributed by atoms with Gasteiger partial charge in [0.1, 0.15) is 0 Å². The first-order valence-electron chi connectivity index (χ1n) is 7.07. The molecule has 0 fully saturated rings. The predicted molar refractivity (Wildman–Crippen MR) is 79.4 cm³/mol. The number of rotatable bonds is 3. The summed E-state index contributed by atoms with van der Waals surface area (Å²) in [6.45, 7) is 2.26. The maximum Gasteiger partial charge on any atom is 0.182 e. The molecule has 2 aromatic carbocycles. The first-order valence-corrected chi connectivity index (χ1v) is 7.07. The van der Waals surface area contributed by atoms with E-state index in [0.29, 0.717) is 6.04 Å². The van der Waals surface area contributed by atoms with Crippen molar-refractivity contribution in [1.29, 1.82) is 0 Å². The molecule has 1 atom stereocenters. The number of fused-ring (bicyclic) bond motifs is 1. The van der Waals surface area contributed by atoms with Crippen molar-refractivity contribution in [2.45, 2.75) is 32.2 Å². The van der Waals surface area contributed by atoms with Gasteiger partial charge in [-0.3, -0.25) is 0 Å². The van der Waals surface area contributed by atoms with Crippen LogP contribution in [0, 0.1) is 0 Å². The van der Waals surface area contributed by atoms with Gasteiger partial charge in [-0.05, 0) is 30.5 Å². The number of aryl methyl sites for hydroxylation is 1. The van der Waals surface area contributed by atoms with E-state index < -0.39 is 0 Å². The van der Waals surface area contributed by atoms with Gasteiger partial charge >= 0.3 is 0 Å². The molecule has 1 heteroatoms. The fraction of sp³-hybridized carbons (Fsp3) is 0.278. The molecule has 0 amide bonds. The van der Waals surface area contributed by atoms with Crippen LogP contribution in [0.2, 0.25) is 0 Å². The number of hydrogen-bond donors (Lipinski definition) is 1. The Morgan fingerprint density at radius 1 is 0.947 bits per heavy atom. The Kier molecular flexibility index (Phi) is 3.45. The van der Waals surface area contributed by atoms with Gasteiger partial charge in [0, 0.05) is 18.4 Å². The highest BCUT2D eigenvalue weighted by molar-refractivity contribution is 5.98. The Morgan fingerprint density at radius 3 is 2.53 bits per heavy atom. The van der Waals surface area contributed by atoms with E-state index in [1.54, 1.807) is 0 Å². The first-order chi connectivity index (χ1) is 9.33. The molecule has 1 aliphatic heterocycles. The summed E-state index contributed by atoms with van der Waals surface area (Å²) in [6.07, 6.45) is 3.32. The van der Waals surface area contributed by atoms with E-state index in [4.69, 9.17) is 0 Å². The lowest BCUT2D eigenvalue weighted by molar-refractivity contribution is -0.500. The summed E-state index contributed by atoms with van der Waals surface area (Å²) in [5, 5.41) is 0. The summed E-state index contributed by atoms with van der Waals surface area (Å²) in [5.74, 6) is 0. The van der Waals surface area contributed by atoms with E-state index in [-0.39, 0.29) is 0 Å². The summed E-state index contributed by atoms with van der Waals surface area (Å²) in [4.78, 5) is 3.66. The molecule has 0 saturated heterocycles. The zero-order valence-corrected chi connectivity index (χ0v) is 11.4. The van der Waals surface area contributed by atoms with Crippen molar-refractivity contribution in [3.8, 4) is 0 Å². The molecule has 1 heterocycles. The van der Waals surface area contributed by atoms with Gasteiger partial charge in [-0.2, -0.15) is 0 Å². The number of hydrogen-bond acceptors (Lipinski definition) is 0. The fourth-order valence-electron chi connectivity index (χ4n) is 2.87. The van der Waals surface area contributed by atoms with Gasteiger partial charge in [0.05, 0.1) is 0 Å². The highest BCUT2D eigenvalue weighted by Gasteiger charge is 2.22. The average Bonchev–Trinajstić information content (AvgIpc) is 2.45. The lowest BCUT2D eigenvalue weighted by Crippen LogP contribution is -2.81. The Bertz CT molecular complexity index is 584. The number of nitrogens with one attached hydrogen (secondary N) is 1. The third-order valence-corrected chi connectivity index (χ3v) is 3.80. The average molecular weight is 250 g/mol. The van der Waals surface area contributed by atoms with Crippen molar-refractivity contribution in [1.82, 2.24) is 0 Å². The minimum Gasteiger partial charge on any atom is -0.242 e. The summed E-state index contributed by atoms with van der Waals surface area (Å²) < 4.78 is 0. The highest BCUT2D eigenvalue weighted by Crippen LogP contribution is 2.15. The van der Waals surface area contributed by atoms with Gasteiger partial charge in [-0.1, -0.05) is 48.5 Å². The van der Waals surface area contributed by atoms with Gasteiger partial charge < -0.3 is 0 Å². The van der Waals surface area contributed by atoms with Crippen molar-refractivity contribution in [2.75, 3.05) is 0 Å². The highest BCUT2D eigenvalue weighted by atomic mass is 14.8. The first kappa shape index (κ1) is 12.2. The normalized spacial score (nSPS) is 17.7. The van der Waals surface area contributed by atoms with E-state index in [1.165, 1.54) is 22.4 Å². The topological polar surface area (TPSA) is 14.0 Å². The van der Waals surface area contributed by atoms with Crippen LogP contribution in [0.15, 0.2) is 54.6 Å². The smallest absolute Gasteiger partial charge is 0.182 e. The minimum absolute atomic E-state index is 0.542. The molecule has 1 unspecified atom stereocenters. The van der Waals surface area contributed by atoms with Crippen LogP contribution in [0.25, 0.3) is 0 Å². The molecule has 0 aliphatic carbocycles. The molecule has 0 aromatic heterocycles. The van der Waals surface area contributed by atoms with Crippen LogP contribution in [0.5, 0.6) is 0 Å². The molecule has 0 radical (unpaired) electrons. The van der Waals surface area contributed by atoms with Crippen LogP contribution in [-0.2, 0) is 12.8 Å². The third kappa shape index (κ3) is 2.76. The Hall–Kier alpha value is -1.89. The van der Waals surface area contributed by atoms with E-state index >= 15 is 0 Å². The van der Waals surface area contributed by atoms with Crippen molar-refractivity contribution >= 4 is 5.71 Å². The molecule has 1 N–H and O–H groups in total. The van der Waals surface area contributed by atoms with Crippen molar-refractivity contribution in [3.63, 3.8) is 0 Å². The largest absolute Gasteiger partial charge is 0.242 e. The van der Waals surface area contributed by atoms with Crippen molar-refractivity contribution < 1.29 is 4.99 Å². The maximum atomic E-state index is 3.66. The van der Waals surface area contributed by atoms with Crippen LogP contribution in [0.3, 0.4) is 0 Å². The SMILES string of the molecule is CC1Cc2ccccc2C(CCc2ccccc2)=[NH+]1. The second-order valence-corrected chi connectivity index (χ2v) is 5.37. The summed E-state index contributed by atoms with van der Waals surface area (Å²) >= 11 is 0. The fourth-order valence-corrected chi connectivity index (χ4v) is 2.87. The lowest BCUT2D eigenvalue weighted by atomic mass is 9.91. The molecule has 96 valence electrons. The van der Waals surface area contributed by atoms with Gasteiger partial charge in [-0.15, -0.1) is 0 Å². The molecule has 3 rings (SSSR count). The van der Waals surface area contributed by atoms with Crippen LogP contribution in [0.1, 0.15) is 30.0 Å². The van der Waals surface area contributed by atoms with Crippen LogP contribution in [0.4, 0.5) is 0 Å². The molecule has 0 bridgehead atoms. The molecular weight excluding hydrogens is 230 g/mol. The standard InChI is InChI=1S/C18H19N/c1-14-13-16-9-5-6-10-17(16)18(19-14)12-11-15-7-3-2-4-8-15/h2-10,14H,11-13H2,1H3/p+1. The monoisotopic (exact) mass is 250 g/mol. The summed E-state index contributed by atoms with van der Waals surface area (Å²) in [7, 11) is 0. The Labute approximate surface area is 115 Å². The Balaban J connectivity index is 1.80. The summed E-state index contributed by atoms with van der Waals surface area (Å²) in [6, 6.07) is 20.1. The van der Waals surface area contributed by atoms with E-state index in [1.807, 2.05) is 0 Å². The Morgan fingerprint density at radius 2 is 1.68 bits per heavy atom. The van der Waals surface area contributed by atoms with E-state index in [2.05, 4.69) is 66.5 Å². The molecule has 19 heavy (non-hydrogen) atoms. The quantitative estimate of drug-likeness (QED) is 0.858. The molecule has 0 spiro atoms. The number of benzene rings is 2. The maximum absolute atomic E-state index is 3.66. The van der Waals surface area contributed by atoms with Crippen LogP contribution < -0.4 is 4.99 Å². The van der Waals surface area contributed by atoms with Gasteiger partial charge in [-0.25, -0.2) is 4.99 Å². The third-order valence-electron chi connectivity index (χ3n) is 3.80. The molecule has 1 aliphatic rings. The van der Waals surface area contributed by atoms with Gasteiger partial charge in [0.2, 0.25) is 0 Å². The molecule has 1 nitrogen and oxygen atoms in total. The lowest BCUT2D eigenvalue weighted by Gasteiger charge is -2.15. The second kappa shape index (κ2) is 5.40. The van der Waals surface area contributed by atoms with E-state index in [9.17, 15) is 0 Å². The zero-order valence-electron chi connectivity index (χ0n) is 11.4. The van der Waals surface area contributed by atoms with E-state index in [0.717, 1.165) is 19.3 Å². The van der Waals surface area contributed by atoms with Crippen LogP contribution in [-0.4, -0.2) is 11.8 Å². The molecule has 2 aromatic rings. The molecule has 0 saturated carbocycles. The molecular formula is C18H20N+. The van der Waals surface area contributed by atoms with Crippen LogP contribution >= 0.6 is 0 Å². The second-order valence-electron chi connectivity index (χ2n) is 5.37. The van der Waals surface area contributed by atoms with Crippen molar-refractivity contribution in [2.24, 2.45) is 0 Å². The minimum atomic E-state index is 0.542. The zero-order chi connectivity index (χ0) is 13.1. The summed E-state index contributed by atoms with van der Waals surface area (Å²) in [5.41, 5.74) is 5.71. The predicted octanol–water partition coefficient (Wildman–Crippen LogP) is 2.13.